The molecule has 1 aliphatic rings. The third-order valence-corrected chi connectivity index (χ3v) is 2.75. The van der Waals surface area contributed by atoms with E-state index < -0.39 is 9.68 Å². The minimum Gasteiger partial charge on any atom is -0.380 e. The van der Waals surface area contributed by atoms with E-state index in [1.165, 1.54) is 6.42 Å². The summed E-state index contributed by atoms with van der Waals surface area (Å²) in [6.07, 6.45) is 3.44. The van der Waals surface area contributed by atoms with Crippen LogP contribution in [0.15, 0.2) is 4.84 Å². The first-order valence-corrected chi connectivity index (χ1v) is 4.79. The van der Waals surface area contributed by atoms with E-state index >= 15 is 0 Å². The average molecular weight is 145 g/mol. The van der Waals surface area contributed by atoms with Gasteiger partial charge in [0.2, 0.25) is 9.68 Å². The van der Waals surface area contributed by atoms with Crippen molar-refractivity contribution < 1.29 is 4.74 Å². The molecule has 1 aliphatic heterocycles. The zero-order valence-electron chi connectivity index (χ0n) is 5.38. The van der Waals surface area contributed by atoms with Gasteiger partial charge in [-0.3, -0.25) is 0 Å². The molecule has 52 valence electrons. The SMILES string of the molecule is O=N[SiH2]C1CCCCO1. The maximum atomic E-state index is 9.80. The number of ether oxygens (including phenoxy) is 1. The van der Waals surface area contributed by atoms with E-state index in [0.29, 0.717) is 0 Å². The molecule has 0 bridgehead atoms. The molecule has 0 spiro atoms. The van der Waals surface area contributed by atoms with Crippen molar-refractivity contribution in [3.8, 4) is 0 Å². The minimum absolute atomic E-state index is 0.260. The average Bonchev–Trinajstić information content (AvgIpc) is 1.91. The molecule has 1 unspecified atom stereocenters. The van der Waals surface area contributed by atoms with Crippen LogP contribution < -0.4 is 0 Å². The van der Waals surface area contributed by atoms with Gasteiger partial charge in [-0.15, -0.1) is 4.84 Å². The molecule has 0 aliphatic carbocycles. The lowest BCUT2D eigenvalue weighted by Gasteiger charge is -2.18. The smallest absolute Gasteiger partial charge is 0.236 e. The molecule has 9 heavy (non-hydrogen) atoms. The molecule has 0 aromatic carbocycles. The highest BCUT2D eigenvalue weighted by Gasteiger charge is 2.13. The Morgan fingerprint density at radius 3 is 3.00 bits per heavy atom. The van der Waals surface area contributed by atoms with E-state index in [4.69, 9.17) is 4.74 Å². The van der Waals surface area contributed by atoms with Gasteiger partial charge in [0.1, 0.15) is 0 Å². The van der Waals surface area contributed by atoms with E-state index in [0.717, 1.165) is 19.4 Å². The van der Waals surface area contributed by atoms with Crippen LogP contribution in [0.3, 0.4) is 0 Å². The first-order chi connectivity index (χ1) is 4.43. The third-order valence-electron chi connectivity index (χ3n) is 1.55. The second-order valence-electron chi connectivity index (χ2n) is 2.30. The van der Waals surface area contributed by atoms with Crippen LogP contribution >= 0.6 is 0 Å². The molecular weight excluding hydrogens is 134 g/mol. The Balaban J connectivity index is 2.15. The predicted molar refractivity (Wildman–Crippen MR) is 37.9 cm³/mol. The molecule has 0 amide bonds. The molecule has 1 heterocycles. The summed E-state index contributed by atoms with van der Waals surface area (Å²) >= 11 is 0. The number of nitroso groups, excluding NO2 is 1. The Hall–Kier alpha value is -0.223. The van der Waals surface area contributed by atoms with Gasteiger partial charge in [0.15, 0.2) is 0 Å². The van der Waals surface area contributed by atoms with E-state index in [2.05, 4.69) is 4.84 Å². The van der Waals surface area contributed by atoms with Crippen LogP contribution in [-0.2, 0) is 4.74 Å². The number of hydrogen-bond donors (Lipinski definition) is 0. The summed E-state index contributed by atoms with van der Waals surface area (Å²) in [5.74, 6) is 0. The van der Waals surface area contributed by atoms with Crippen LogP contribution in [0.1, 0.15) is 19.3 Å². The molecule has 1 atom stereocenters. The van der Waals surface area contributed by atoms with Crippen molar-refractivity contribution in [1.29, 1.82) is 0 Å². The van der Waals surface area contributed by atoms with Crippen molar-refractivity contribution in [2.75, 3.05) is 6.61 Å². The van der Waals surface area contributed by atoms with Crippen LogP contribution in [0.2, 0.25) is 0 Å². The van der Waals surface area contributed by atoms with Crippen molar-refractivity contribution in [2.45, 2.75) is 25.0 Å². The predicted octanol–water partition coefficient (Wildman–Crippen LogP) is 0.363. The lowest BCUT2D eigenvalue weighted by atomic mass is 10.2. The third kappa shape index (κ3) is 2.23. The van der Waals surface area contributed by atoms with Crippen LogP contribution in [0.4, 0.5) is 0 Å². The molecule has 1 rings (SSSR count). The van der Waals surface area contributed by atoms with Gasteiger partial charge in [-0.25, -0.2) is 0 Å². The van der Waals surface area contributed by atoms with Crippen LogP contribution in [0.5, 0.6) is 0 Å². The summed E-state index contributed by atoms with van der Waals surface area (Å²) in [6.45, 7) is 0.840. The summed E-state index contributed by atoms with van der Waals surface area (Å²) in [6, 6.07) is 0. The van der Waals surface area contributed by atoms with Gasteiger partial charge in [0.25, 0.3) is 0 Å². The van der Waals surface area contributed by atoms with Gasteiger partial charge in [-0.05, 0) is 19.3 Å². The first-order valence-electron chi connectivity index (χ1n) is 3.34. The number of rotatable bonds is 2. The maximum Gasteiger partial charge on any atom is 0.236 e. The molecule has 0 N–H and O–H groups in total. The highest BCUT2D eigenvalue weighted by Crippen LogP contribution is 2.10. The van der Waals surface area contributed by atoms with Gasteiger partial charge in [0, 0.05) is 6.61 Å². The van der Waals surface area contributed by atoms with E-state index in [1.54, 1.807) is 0 Å². The fraction of sp³-hybridized carbons (Fsp3) is 1.00. The highest BCUT2D eigenvalue weighted by atomic mass is 28.2. The second-order valence-corrected chi connectivity index (χ2v) is 3.83. The second kappa shape index (κ2) is 3.74. The lowest BCUT2D eigenvalue weighted by Crippen LogP contribution is -2.23. The summed E-state index contributed by atoms with van der Waals surface area (Å²) < 4.78 is 5.29. The fourth-order valence-electron chi connectivity index (χ4n) is 1.03. The van der Waals surface area contributed by atoms with Gasteiger partial charge >= 0.3 is 0 Å². The molecule has 0 saturated carbocycles. The minimum atomic E-state index is -0.777. The quantitative estimate of drug-likeness (QED) is 0.416. The molecule has 3 nitrogen and oxygen atoms in total. The monoisotopic (exact) mass is 145 g/mol. The summed E-state index contributed by atoms with van der Waals surface area (Å²) in [4.78, 5) is 12.7. The Morgan fingerprint density at radius 2 is 2.44 bits per heavy atom. The molecule has 4 heteroatoms. The molecular formula is C5H11NO2Si. The largest absolute Gasteiger partial charge is 0.380 e. The Morgan fingerprint density at radius 1 is 1.56 bits per heavy atom. The van der Waals surface area contributed by atoms with E-state index in [-0.39, 0.29) is 5.73 Å². The molecule has 1 fully saturated rings. The number of nitrogens with zero attached hydrogens (tertiary/aromatic N) is 1. The normalized spacial score (nSPS) is 29.1. The Bertz CT molecular complexity index is 93.0. The molecule has 0 aromatic heterocycles. The van der Waals surface area contributed by atoms with E-state index in [1.807, 2.05) is 0 Å². The highest BCUT2D eigenvalue weighted by molar-refractivity contribution is 6.34. The summed E-state index contributed by atoms with van der Waals surface area (Å²) in [5.41, 5.74) is 0.260. The van der Waals surface area contributed by atoms with Crippen molar-refractivity contribution in [2.24, 2.45) is 4.84 Å². The molecule has 0 aromatic rings. The zero-order valence-corrected chi connectivity index (χ0v) is 6.79. The van der Waals surface area contributed by atoms with Gasteiger partial charge in [-0.1, -0.05) is 0 Å². The number of hydrogen-bond acceptors (Lipinski definition) is 3. The standard InChI is InChI=1S/C5H11NO2Si/c7-6-9-5-3-1-2-4-8-5/h5H,1-4,9H2. The maximum absolute atomic E-state index is 9.80. The van der Waals surface area contributed by atoms with Crippen molar-refractivity contribution in [3.05, 3.63) is 4.91 Å². The zero-order chi connectivity index (χ0) is 6.53. The Labute approximate surface area is 56.7 Å². The van der Waals surface area contributed by atoms with Crippen LogP contribution in [0.25, 0.3) is 0 Å². The van der Waals surface area contributed by atoms with Crippen molar-refractivity contribution >= 4 is 9.68 Å². The fourth-order valence-corrected chi connectivity index (χ4v) is 1.94. The van der Waals surface area contributed by atoms with Crippen LogP contribution in [-0.4, -0.2) is 22.0 Å². The van der Waals surface area contributed by atoms with Crippen LogP contribution in [0, 0.1) is 4.91 Å². The molecule has 1 saturated heterocycles. The van der Waals surface area contributed by atoms with Gasteiger partial charge in [-0.2, -0.15) is 4.91 Å². The molecule has 0 radical (unpaired) electrons. The summed E-state index contributed by atoms with van der Waals surface area (Å²) in [5, 5.41) is 0. The van der Waals surface area contributed by atoms with Crippen molar-refractivity contribution in [1.82, 2.24) is 0 Å². The summed E-state index contributed by atoms with van der Waals surface area (Å²) in [7, 11) is -0.777. The van der Waals surface area contributed by atoms with Gasteiger partial charge in [0.05, 0.1) is 5.73 Å². The van der Waals surface area contributed by atoms with E-state index in [9.17, 15) is 4.91 Å². The van der Waals surface area contributed by atoms with Gasteiger partial charge < -0.3 is 4.74 Å². The first kappa shape index (κ1) is 6.89. The van der Waals surface area contributed by atoms with Crippen molar-refractivity contribution in [3.63, 3.8) is 0 Å². The Kier molecular flexibility index (Phi) is 2.86. The topological polar surface area (TPSA) is 38.7 Å². The lowest BCUT2D eigenvalue weighted by molar-refractivity contribution is 0.0651.